The van der Waals surface area contributed by atoms with Gasteiger partial charge in [0.05, 0.1) is 12.1 Å². The molecule has 0 unspecified atom stereocenters. The molecule has 2 aromatic heterocycles. The first kappa shape index (κ1) is 19.9. The standard InChI is InChI=1S/C20H19ClN4O2S2/c1-27-19(26)18-17(21)14-6-5-13(12-15(14)29-18)23-20(28)25-10-8-24(9-11-25)16-4-2-3-7-22-16/h2-7,12H,8-11H2,1H3,(H,23,28). The normalized spacial score (nSPS) is 14.1. The smallest absolute Gasteiger partial charge is 0.349 e. The van der Waals surface area contributed by atoms with Crippen LogP contribution < -0.4 is 10.2 Å². The Morgan fingerprint density at radius 3 is 2.72 bits per heavy atom. The fourth-order valence-corrected chi connectivity index (χ4v) is 5.02. The maximum atomic E-state index is 11.9. The van der Waals surface area contributed by atoms with Gasteiger partial charge >= 0.3 is 5.97 Å². The highest BCUT2D eigenvalue weighted by atomic mass is 35.5. The van der Waals surface area contributed by atoms with Gasteiger partial charge in [-0.25, -0.2) is 9.78 Å². The van der Waals surface area contributed by atoms with Crippen molar-refractivity contribution in [1.82, 2.24) is 9.88 Å². The van der Waals surface area contributed by atoms with Gasteiger partial charge in [0.2, 0.25) is 0 Å². The number of thiophene rings is 1. The van der Waals surface area contributed by atoms with Gasteiger partial charge in [0.1, 0.15) is 10.7 Å². The zero-order chi connectivity index (χ0) is 20.4. The lowest BCUT2D eigenvalue weighted by molar-refractivity contribution is 0.0606. The van der Waals surface area contributed by atoms with Gasteiger partial charge in [-0.1, -0.05) is 17.7 Å². The minimum Gasteiger partial charge on any atom is -0.465 e. The van der Waals surface area contributed by atoms with Crippen molar-refractivity contribution in [3.63, 3.8) is 0 Å². The van der Waals surface area contributed by atoms with Crippen molar-refractivity contribution in [2.75, 3.05) is 43.5 Å². The Hall–Kier alpha value is -2.42. The monoisotopic (exact) mass is 446 g/mol. The number of esters is 1. The highest BCUT2D eigenvalue weighted by Gasteiger charge is 2.21. The van der Waals surface area contributed by atoms with Crippen LogP contribution in [0.1, 0.15) is 9.67 Å². The largest absolute Gasteiger partial charge is 0.465 e. The predicted octanol–water partition coefficient (Wildman–Crippen LogP) is 4.26. The average molecular weight is 447 g/mol. The molecule has 1 aromatic carbocycles. The summed E-state index contributed by atoms with van der Waals surface area (Å²) in [5.74, 6) is 0.569. The first-order valence-electron chi connectivity index (χ1n) is 9.09. The molecule has 1 aliphatic heterocycles. The topological polar surface area (TPSA) is 57.7 Å². The molecule has 9 heteroatoms. The minimum absolute atomic E-state index is 0.412. The van der Waals surface area contributed by atoms with Crippen molar-refractivity contribution in [3.05, 3.63) is 52.5 Å². The third-order valence-electron chi connectivity index (χ3n) is 4.79. The minimum atomic E-state index is -0.424. The fraction of sp³-hybridized carbons (Fsp3) is 0.250. The van der Waals surface area contributed by atoms with E-state index in [9.17, 15) is 4.79 Å². The van der Waals surface area contributed by atoms with Crippen LogP contribution in [0.5, 0.6) is 0 Å². The third kappa shape index (κ3) is 4.14. The Morgan fingerprint density at radius 2 is 2.03 bits per heavy atom. The van der Waals surface area contributed by atoms with Crippen LogP contribution in [0.15, 0.2) is 42.6 Å². The summed E-state index contributed by atoms with van der Waals surface area (Å²) in [5.41, 5.74) is 0.865. The van der Waals surface area contributed by atoms with Gasteiger partial charge in [-0.15, -0.1) is 11.3 Å². The van der Waals surface area contributed by atoms with E-state index in [1.807, 2.05) is 42.6 Å². The maximum absolute atomic E-state index is 11.9. The summed E-state index contributed by atoms with van der Waals surface area (Å²) in [4.78, 5) is 21.1. The van der Waals surface area contributed by atoms with Crippen LogP contribution in [0.4, 0.5) is 11.5 Å². The Balaban J connectivity index is 1.42. The molecule has 1 aliphatic rings. The van der Waals surface area contributed by atoms with Gasteiger partial charge in [-0.05, 0) is 42.5 Å². The number of methoxy groups -OCH3 is 1. The number of nitrogens with zero attached hydrogens (tertiary/aromatic N) is 3. The van der Waals surface area contributed by atoms with E-state index >= 15 is 0 Å². The van der Waals surface area contributed by atoms with Crippen molar-refractivity contribution in [2.24, 2.45) is 0 Å². The van der Waals surface area contributed by atoms with Gasteiger partial charge in [0.15, 0.2) is 5.11 Å². The number of piperazine rings is 1. The van der Waals surface area contributed by atoms with E-state index in [0.717, 1.165) is 47.8 Å². The quantitative estimate of drug-likeness (QED) is 0.476. The lowest BCUT2D eigenvalue weighted by Crippen LogP contribution is -2.50. The number of carbonyl (C=O) groups is 1. The van der Waals surface area contributed by atoms with E-state index in [1.165, 1.54) is 18.4 Å². The Morgan fingerprint density at radius 1 is 1.24 bits per heavy atom. The van der Waals surface area contributed by atoms with Gasteiger partial charge < -0.3 is 19.9 Å². The Labute approximate surface area is 183 Å². The zero-order valence-corrected chi connectivity index (χ0v) is 18.1. The van der Waals surface area contributed by atoms with Crippen LogP contribution in [0.3, 0.4) is 0 Å². The summed E-state index contributed by atoms with van der Waals surface area (Å²) in [6.45, 7) is 3.37. The van der Waals surface area contributed by atoms with Gasteiger partial charge in [0, 0.05) is 48.1 Å². The van der Waals surface area contributed by atoms with E-state index in [-0.39, 0.29) is 0 Å². The third-order valence-corrected chi connectivity index (χ3v) is 6.79. The van der Waals surface area contributed by atoms with Crippen LogP contribution in [-0.4, -0.2) is 54.3 Å². The average Bonchev–Trinajstić information content (AvgIpc) is 3.09. The molecular weight excluding hydrogens is 428 g/mol. The molecule has 3 heterocycles. The molecule has 1 saturated heterocycles. The fourth-order valence-electron chi connectivity index (χ4n) is 3.25. The highest BCUT2D eigenvalue weighted by molar-refractivity contribution is 7.80. The zero-order valence-electron chi connectivity index (χ0n) is 15.7. The summed E-state index contributed by atoms with van der Waals surface area (Å²) in [7, 11) is 1.35. The number of pyridine rings is 1. The van der Waals surface area contributed by atoms with Crippen LogP contribution in [0.2, 0.25) is 5.02 Å². The summed E-state index contributed by atoms with van der Waals surface area (Å²) >= 11 is 13.2. The van der Waals surface area contributed by atoms with Gasteiger partial charge in [0.25, 0.3) is 0 Å². The van der Waals surface area contributed by atoms with Crippen molar-refractivity contribution >= 4 is 67.8 Å². The summed E-state index contributed by atoms with van der Waals surface area (Å²) in [6.07, 6.45) is 1.81. The molecule has 3 aromatic rings. The number of thiocarbonyl (C=S) groups is 1. The molecule has 0 spiro atoms. The van der Waals surface area contributed by atoms with Gasteiger partial charge in [-0.2, -0.15) is 0 Å². The molecule has 0 aliphatic carbocycles. The molecule has 0 amide bonds. The van der Waals surface area contributed by atoms with E-state index in [2.05, 4.69) is 20.1 Å². The summed E-state index contributed by atoms with van der Waals surface area (Å²) in [6, 6.07) is 11.7. The van der Waals surface area contributed by atoms with E-state index in [4.69, 9.17) is 28.6 Å². The summed E-state index contributed by atoms with van der Waals surface area (Å²) < 4.78 is 5.70. The molecule has 1 N–H and O–H groups in total. The first-order valence-corrected chi connectivity index (χ1v) is 10.7. The molecule has 0 radical (unpaired) electrons. The van der Waals surface area contributed by atoms with Gasteiger partial charge in [-0.3, -0.25) is 0 Å². The van der Waals surface area contributed by atoms with Crippen LogP contribution >= 0.6 is 35.2 Å². The number of rotatable bonds is 3. The summed E-state index contributed by atoms with van der Waals surface area (Å²) in [5, 5.41) is 5.24. The number of halogens is 1. The first-order chi connectivity index (χ1) is 14.1. The van der Waals surface area contributed by atoms with Crippen LogP contribution in [0.25, 0.3) is 10.1 Å². The molecule has 0 atom stereocenters. The second-order valence-corrected chi connectivity index (χ2v) is 8.36. The number of anilines is 2. The number of hydrogen-bond donors (Lipinski definition) is 1. The molecule has 0 bridgehead atoms. The second-order valence-electron chi connectivity index (χ2n) is 6.54. The molecular formula is C20H19ClN4O2S2. The number of aromatic nitrogens is 1. The van der Waals surface area contributed by atoms with E-state index in [1.54, 1.807) is 0 Å². The molecule has 6 nitrogen and oxygen atoms in total. The number of fused-ring (bicyclic) bond motifs is 1. The molecule has 4 rings (SSSR count). The number of carbonyl (C=O) groups excluding carboxylic acids is 1. The van der Waals surface area contributed by atoms with Crippen molar-refractivity contribution in [3.8, 4) is 0 Å². The predicted molar refractivity (Wildman–Crippen MR) is 122 cm³/mol. The SMILES string of the molecule is COC(=O)c1sc2cc(NC(=S)N3CCN(c4ccccn4)CC3)ccc2c1Cl. The van der Waals surface area contributed by atoms with E-state index in [0.29, 0.717) is 15.0 Å². The maximum Gasteiger partial charge on any atom is 0.349 e. The van der Waals surface area contributed by atoms with Crippen LogP contribution in [-0.2, 0) is 4.74 Å². The number of benzene rings is 1. The number of ether oxygens (including phenoxy) is 1. The molecule has 1 fully saturated rings. The number of hydrogen-bond acceptors (Lipinski definition) is 6. The highest BCUT2D eigenvalue weighted by Crippen LogP contribution is 2.37. The second kappa shape index (κ2) is 8.52. The Kier molecular flexibility index (Phi) is 5.84. The van der Waals surface area contributed by atoms with E-state index < -0.39 is 5.97 Å². The van der Waals surface area contributed by atoms with Crippen molar-refractivity contribution in [1.29, 1.82) is 0 Å². The lowest BCUT2D eigenvalue weighted by atomic mass is 10.2. The lowest BCUT2D eigenvalue weighted by Gasteiger charge is -2.36. The van der Waals surface area contributed by atoms with Crippen LogP contribution in [0, 0.1) is 0 Å². The number of nitrogens with one attached hydrogen (secondary N) is 1. The molecule has 0 saturated carbocycles. The molecule has 29 heavy (non-hydrogen) atoms. The van der Waals surface area contributed by atoms with Crippen molar-refractivity contribution < 1.29 is 9.53 Å². The molecule has 150 valence electrons. The Bertz CT molecular complexity index is 1050. The van der Waals surface area contributed by atoms with Crippen molar-refractivity contribution in [2.45, 2.75) is 0 Å².